The van der Waals surface area contributed by atoms with Crippen LogP contribution < -0.4 is 4.90 Å². The molecule has 5 heteroatoms. The summed E-state index contributed by atoms with van der Waals surface area (Å²) in [7, 11) is 0. The summed E-state index contributed by atoms with van der Waals surface area (Å²) in [5, 5.41) is 6.14. The van der Waals surface area contributed by atoms with Crippen LogP contribution in [0.5, 0.6) is 0 Å². The van der Waals surface area contributed by atoms with Crippen LogP contribution in [0, 0.1) is 5.92 Å². The quantitative estimate of drug-likeness (QED) is 0.647. The SMILES string of the molecule is CC1CCN(c2ccc(-c3noc(C=Cc4cccs4)n3)cc2)CC1. The molecular weight excluding hydrogens is 330 g/mol. The molecule has 1 aliphatic rings. The molecule has 0 radical (unpaired) electrons. The maximum Gasteiger partial charge on any atom is 0.250 e. The van der Waals surface area contributed by atoms with Crippen LogP contribution in [-0.4, -0.2) is 23.2 Å². The van der Waals surface area contributed by atoms with E-state index in [0.29, 0.717) is 11.7 Å². The van der Waals surface area contributed by atoms with Gasteiger partial charge in [-0.2, -0.15) is 4.98 Å². The van der Waals surface area contributed by atoms with Crippen LogP contribution in [0.2, 0.25) is 0 Å². The molecule has 0 N–H and O–H groups in total. The molecule has 0 atom stereocenters. The highest BCUT2D eigenvalue weighted by Gasteiger charge is 2.16. The third-order valence-electron chi connectivity index (χ3n) is 4.65. The smallest absolute Gasteiger partial charge is 0.250 e. The highest BCUT2D eigenvalue weighted by molar-refractivity contribution is 7.10. The van der Waals surface area contributed by atoms with Gasteiger partial charge >= 0.3 is 0 Å². The lowest BCUT2D eigenvalue weighted by atomic mass is 9.98. The van der Waals surface area contributed by atoms with Crippen LogP contribution in [0.15, 0.2) is 46.3 Å². The number of rotatable bonds is 4. The van der Waals surface area contributed by atoms with Crippen LogP contribution in [0.1, 0.15) is 30.5 Å². The van der Waals surface area contributed by atoms with Crippen molar-refractivity contribution in [2.75, 3.05) is 18.0 Å². The molecule has 1 aliphatic heterocycles. The molecule has 2 aromatic heterocycles. The van der Waals surface area contributed by atoms with Gasteiger partial charge in [0, 0.05) is 35.3 Å². The number of nitrogens with zero attached hydrogens (tertiary/aromatic N) is 3. The third kappa shape index (κ3) is 3.82. The highest BCUT2D eigenvalue weighted by Crippen LogP contribution is 2.25. The van der Waals surface area contributed by atoms with Crippen molar-refractivity contribution in [1.29, 1.82) is 0 Å². The van der Waals surface area contributed by atoms with E-state index in [2.05, 4.69) is 52.3 Å². The molecule has 0 unspecified atom stereocenters. The topological polar surface area (TPSA) is 42.2 Å². The van der Waals surface area contributed by atoms with E-state index >= 15 is 0 Å². The number of thiophene rings is 1. The van der Waals surface area contributed by atoms with Gasteiger partial charge in [0.25, 0.3) is 5.89 Å². The molecule has 1 aromatic carbocycles. The Morgan fingerprint density at radius 1 is 1.12 bits per heavy atom. The molecule has 4 nitrogen and oxygen atoms in total. The van der Waals surface area contributed by atoms with Crippen molar-refractivity contribution in [3.63, 3.8) is 0 Å². The van der Waals surface area contributed by atoms with Gasteiger partial charge in [-0.25, -0.2) is 0 Å². The van der Waals surface area contributed by atoms with E-state index in [1.54, 1.807) is 11.3 Å². The van der Waals surface area contributed by atoms with Crippen LogP contribution in [-0.2, 0) is 0 Å². The number of hydrogen-bond acceptors (Lipinski definition) is 5. The minimum atomic E-state index is 0.525. The molecule has 1 saturated heterocycles. The van der Waals surface area contributed by atoms with E-state index < -0.39 is 0 Å². The summed E-state index contributed by atoms with van der Waals surface area (Å²) in [5.74, 6) is 2.00. The maximum absolute atomic E-state index is 5.32. The van der Waals surface area contributed by atoms with E-state index in [0.717, 1.165) is 24.6 Å². The molecule has 3 heterocycles. The molecule has 0 saturated carbocycles. The van der Waals surface area contributed by atoms with Crippen LogP contribution in [0.4, 0.5) is 5.69 Å². The van der Waals surface area contributed by atoms with Crippen LogP contribution in [0.25, 0.3) is 23.5 Å². The van der Waals surface area contributed by atoms with Gasteiger partial charge in [0.05, 0.1) is 0 Å². The molecular formula is C20H21N3OS. The maximum atomic E-state index is 5.32. The van der Waals surface area contributed by atoms with E-state index in [1.165, 1.54) is 23.4 Å². The molecule has 3 aromatic rings. The molecule has 1 fully saturated rings. The lowest BCUT2D eigenvalue weighted by molar-refractivity contribution is 0.411. The van der Waals surface area contributed by atoms with E-state index in [1.807, 2.05) is 23.6 Å². The molecule has 25 heavy (non-hydrogen) atoms. The van der Waals surface area contributed by atoms with Gasteiger partial charge in [0.1, 0.15) is 0 Å². The first-order chi connectivity index (χ1) is 12.3. The number of benzene rings is 1. The Balaban J connectivity index is 1.45. The van der Waals surface area contributed by atoms with E-state index in [-0.39, 0.29) is 0 Å². The Labute approximate surface area is 151 Å². The van der Waals surface area contributed by atoms with Crippen molar-refractivity contribution < 1.29 is 4.52 Å². The fourth-order valence-corrected chi connectivity index (χ4v) is 3.67. The molecule has 4 rings (SSSR count). The fourth-order valence-electron chi connectivity index (χ4n) is 3.05. The number of hydrogen-bond donors (Lipinski definition) is 0. The Hall–Kier alpha value is -2.40. The first kappa shape index (κ1) is 16.1. The molecule has 0 spiro atoms. The summed E-state index contributed by atoms with van der Waals surface area (Å²) in [4.78, 5) is 8.08. The Morgan fingerprint density at radius 2 is 1.92 bits per heavy atom. The molecule has 128 valence electrons. The Morgan fingerprint density at radius 3 is 2.64 bits per heavy atom. The second kappa shape index (κ2) is 7.23. The largest absolute Gasteiger partial charge is 0.372 e. The van der Waals surface area contributed by atoms with Crippen molar-refractivity contribution in [3.05, 3.63) is 52.5 Å². The van der Waals surface area contributed by atoms with Gasteiger partial charge < -0.3 is 9.42 Å². The zero-order valence-electron chi connectivity index (χ0n) is 14.3. The normalized spacial score (nSPS) is 16.0. The van der Waals surface area contributed by atoms with Gasteiger partial charge in [0.15, 0.2) is 0 Å². The first-order valence-corrected chi connectivity index (χ1v) is 9.56. The summed E-state index contributed by atoms with van der Waals surface area (Å²) < 4.78 is 5.32. The zero-order valence-corrected chi connectivity index (χ0v) is 15.1. The average Bonchev–Trinajstić information content (AvgIpc) is 3.33. The van der Waals surface area contributed by atoms with E-state index in [4.69, 9.17) is 4.52 Å². The zero-order chi connectivity index (χ0) is 17.1. The lowest BCUT2D eigenvalue weighted by Crippen LogP contribution is -2.32. The third-order valence-corrected chi connectivity index (χ3v) is 5.49. The summed E-state index contributed by atoms with van der Waals surface area (Å²) in [6, 6.07) is 12.5. The summed E-state index contributed by atoms with van der Waals surface area (Å²) in [5.41, 5.74) is 2.26. The van der Waals surface area contributed by atoms with E-state index in [9.17, 15) is 0 Å². The van der Waals surface area contributed by atoms with Gasteiger partial charge in [-0.3, -0.25) is 0 Å². The average molecular weight is 351 g/mol. The first-order valence-electron chi connectivity index (χ1n) is 8.68. The van der Waals surface area contributed by atoms with Gasteiger partial charge in [-0.05, 0) is 60.5 Å². The van der Waals surface area contributed by atoms with Crippen molar-refractivity contribution in [3.8, 4) is 11.4 Å². The second-order valence-electron chi connectivity index (χ2n) is 6.52. The number of anilines is 1. The predicted molar refractivity (Wildman–Crippen MR) is 104 cm³/mol. The number of aromatic nitrogens is 2. The van der Waals surface area contributed by atoms with Crippen molar-refractivity contribution in [2.45, 2.75) is 19.8 Å². The Bertz CT molecular complexity index is 828. The van der Waals surface area contributed by atoms with Gasteiger partial charge in [-0.1, -0.05) is 18.1 Å². The molecule has 0 amide bonds. The van der Waals surface area contributed by atoms with Crippen molar-refractivity contribution in [1.82, 2.24) is 10.1 Å². The summed E-state index contributed by atoms with van der Waals surface area (Å²) in [6.45, 7) is 4.61. The summed E-state index contributed by atoms with van der Waals surface area (Å²) >= 11 is 1.68. The minimum Gasteiger partial charge on any atom is -0.372 e. The standard InChI is InChI=1S/C20H21N3OS/c1-15-10-12-23(13-11-15)17-6-4-16(5-7-17)20-21-19(24-22-20)9-8-18-3-2-14-25-18/h2-9,14-15H,10-13H2,1H3. The molecule has 0 aliphatic carbocycles. The number of piperidine rings is 1. The second-order valence-corrected chi connectivity index (χ2v) is 7.50. The fraction of sp³-hybridized carbons (Fsp3) is 0.300. The van der Waals surface area contributed by atoms with Gasteiger partial charge in [0.2, 0.25) is 5.82 Å². The predicted octanol–water partition coefficient (Wildman–Crippen LogP) is 5.20. The van der Waals surface area contributed by atoms with Gasteiger partial charge in [-0.15, -0.1) is 11.3 Å². The minimum absolute atomic E-state index is 0.525. The Kier molecular flexibility index (Phi) is 4.65. The van der Waals surface area contributed by atoms with Crippen LogP contribution >= 0.6 is 11.3 Å². The van der Waals surface area contributed by atoms with Crippen molar-refractivity contribution >= 4 is 29.2 Å². The molecule has 0 bridgehead atoms. The monoisotopic (exact) mass is 351 g/mol. The van der Waals surface area contributed by atoms with Crippen LogP contribution in [0.3, 0.4) is 0 Å². The summed E-state index contributed by atoms with van der Waals surface area (Å²) in [6.07, 6.45) is 6.38. The highest BCUT2D eigenvalue weighted by atomic mass is 32.1. The lowest BCUT2D eigenvalue weighted by Gasteiger charge is -2.32. The van der Waals surface area contributed by atoms with Crippen molar-refractivity contribution in [2.24, 2.45) is 5.92 Å².